The largest absolute Gasteiger partial charge is 0.494 e. The summed E-state index contributed by atoms with van der Waals surface area (Å²) in [5, 5.41) is 20.3. The van der Waals surface area contributed by atoms with E-state index in [0.29, 0.717) is 28.3 Å². The summed E-state index contributed by atoms with van der Waals surface area (Å²) >= 11 is 0. The number of anilines is 3. The second-order valence-electron chi connectivity index (χ2n) is 7.69. The van der Waals surface area contributed by atoms with Crippen molar-refractivity contribution in [2.75, 3.05) is 24.8 Å². The molecular weight excluding hydrogens is 448 g/mol. The highest BCUT2D eigenvalue weighted by Crippen LogP contribution is 2.38. The third kappa shape index (κ3) is 5.11. The van der Waals surface area contributed by atoms with Gasteiger partial charge in [0, 0.05) is 36.4 Å². The fourth-order valence-corrected chi connectivity index (χ4v) is 3.38. The fourth-order valence-electron chi connectivity index (χ4n) is 3.38. The number of rotatable bonds is 9. The molecule has 0 bridgehead atoms. The Morgan fingerprint density at radius 2 is 2.03 bits per heavy atom. The van der Waals surface area contributed by atoms with Crippen LogP contribution in [0.2, 0.25) is 0 Å². The normalized spacial score (nSPS) is 13.0. The van der Waals surface area contributed by atoms with E-state index in [1.54, 1.807) is 18.2 Å². The summed E-state index contributed by atoms with van der Waals surface area (Å²) in [7, 11) is 2.94. The number of amides is 2. The Bertz CT molecular complexity index is 1210. The third-order valence-corrected chi connectivity index (χ3v) is 5.19. The number of carbonyl (C=O) groups is 2. The van der Waals surface area contributed by atoms with Gasteiger partial charge < -0.3 is 20.7 Å². The summed E-state index contributed by atoms with van der Waals surface area (Å²) in [6.07, 6.45) is 2.11. The number of benzene rings is 1. The number of nitrogens with zero attached hydrogens (tertiary/aromatic N) is 4. The van der Waals surface area contributed by atoms with E-state index in [1.165, 1.54) is 32.6 Å². The predicted molar refractivity (Wildman–Crippen MR) is 120 cm³/mol. The van der Waals surface area contributed by atoms with E-state index in [-0.39, 0.29) is 23.3 Å². The minimum absolute atomic E-state index is 0.0177. The molecule has 0 spiro atoms. The van der Waals surface area contributed by atoms with E-state index in [1.807, 2.05) is 0 Å². The second kappa shape index (κ2) is 9.81. The molecule has 0 atom stereocenters. The van der Waals surface area contributed by atoms with Gasteiger partial charge in [0.2, 0.25) is 5.91 Å². The van der Waals surface area contributed by atoms with Crippen LogP contribution in [0.25, 0.3) is 11.1 Å². The van der Waals surface area contributed by atoms with Gasteiger partial charge in [0.1, 0.15) is 12.3 Å². The highest BCUT2D eigenvalue weighted by molar-refractivity contribution is 6.00. The highest BCUT2D eigenvalue weighted by Gasteiger charge is 2.30. The van der Waals surface area contributed by atoms with Gasteiger partial charge in [-0.1, -0.05) is 12.1 Å². The van der Waals surface area contributed by atoms with Gasteiger partial charge in [-0.3, -0.25) is 14.3 Å². The lowest BCUT2D eigenvalue weighted by Gasteiger charge is -2.16. The zero-order valence-corrected chi connectivity index (χ0v) is 18.5. The zero-order valence-electron chi connectivity index (χ0n) is 18.5. The maximum atomic E-state index is 12.7. The Kier molecular flexibility index (Phi) is 6.66. The average molecular weight is 471 g/mol. The quantitative estimate of drug-likeness (QED) is 0.438. The molecule has 1 fully saturated rings. The van der Waals surface area contributed by atoms with Gasteiger partial charge >= 0.3 is 0 Å². The van der Waals surface area contributed by atoms with Crippen LogP contribution in [0, 0.1) is 5.92 Å². The van der Waals surface area contributed by atoms with E-state index in [4.69, 9.17) is 4.74 Å². The first-order valence-electron chi connectivity index (χ1n) is 10.5. The van der Waals surface area contributed by atoms with E-state index in [9.17, 15) is 18.4 Å². The summed E-state index contributed by atoms with van der Waals surface area (Å²) in [6.45, 7) is -0.520. The summed E-state index contributed by atoms with van der Waals surface area (Å²) in [5.74, 6) is -0.0378. The maximum absolute atomic E-state index is 12.7. The molecule has 0 radical (unpaired) electrons. The van der Waals surface area contributed by atoms with Crippen molar-refractivity contribution < 1.29 is 23.1 Å². The predicted octanol–water partition coefficient (Wildman–Crippen LogP) is 3.07. The number of hydrogen-bond acceptors (Lipinski definition) is 7. The van der Waals surface area contributed by atoms with Crippen LogP contribution in [0.5, 0.6) is 5.75 Å². The number of nitrogens with one attached hydrogen (secondary N) is 3. The minimum Gasteiger partial charge on any atom is -0.494 e. The first-order valence-corrected chi connectivity index (χ1v) is 10.5. The van der Waals surface area contributed by atoms with Gasteiger partial charge in [0.15, 0.2) is 11.5 Å². The summed E-state index contributed by atoms with van der Waals surface area (Å²) in [5.41, 5.74) is 1.99. The molecule has 1 saturated carbocycles. The van der Waals surface area contributed by atoms with Gasteiger partial charge in [-0.25, -0.2) is 8.78 Å². The SMILES string of the molecule is CNC(=O)c1nnc(NC(=O)C2CC2)cc1Nc1cccc(-c2cnn(CC(F)F)c2)c1OC. The molecule has 178 valence electrons. The number of methoxy groups -OCH3 is 1. The standard InChI is InChI=1S/C22H23F2N7O3/c1-25-22(33)19-16(8-18(29-30-19)28-21(32)12-6-7-12)27-15-5-3-4-14(20(15)34-2)13-9-26-31(10-13)11-17(23)24/h3-5,8-10,12,17H,6-7,11H2,1-2H3,(H,25,33)(H2,27,28,29,32). The van der Waals surface area contributed by atoms with Crippen LogP contribution in [0.3, 0.4) is 0 Å². The van der Waals surface area contributed by atoms with Gasteiger partial charge in [0.05, 0.1) is 24.7 Å². The summed E-state index contributed by atoms with van der Waals surface area (Å²) in [6, 6.07) is 6.75. The van der Waals surface area contributed by atoms with Crippen LogP contribution in [0.15, 0.2) is 36.7 Å². The Morgan fingerprint density at radius 3 is 2.71 bits per heavy atom. The molecule has 3 aromatic rings. The van der Waals surface area contributed by atoms with Crippen LogP contribution in [-0.4, -0.2) is 52.4 Å². The molecule has 12 heteroatoms. The smallest absolute Gasteiger partial charge is 0.273 e. The number of halogens is 2. The van der Waals surface area contributed by atoms with Gasteiger partial charge in [-0.15, -0.1) is 10.2 Å². The Balaban J connectivity index is 1.68. The van der Waals surface area contributed by atoms with Crippen molar-refractivity contribution in [2.24, 2.45) is 5.92 Å². The number of para-hydroxylation sites is 1. The number of hydrogen-bond donors (Lipinski definition) is 3. The lowest BCUT2D eigenvalue weighted by molar-refractivity contribution is -0.117. The highest BCUT2D eigenvalue weighted by atomic mass is 19.3. The first kappa shape index (κ1) is 23.1. The zero-order chi connectivity index (χ0) is 24.2. The first-order chi connectivity index (χ1) is 16.4. The van der Waals surface area contributed by atoms with E-state index in [0.717, 1.165) is 17.5 Å². The van der Waals surface area contributed by atoms with Crippen molar-refractivity contribution in [3.8, 4) is 16.9 Å². The van der Waals surface area contributed by atoms with Crippen molar-refractivity contribution in [1.82, 2.24) is 25.3 Å². The molecule has 2 aromatic heterocycles. The fraction of sp³-hybridized carbons (Fsp3) is 0.318. The van der Waals surface area contributed by atoms with Gasteiger partial charge in [-0.2, -0.15) is 5.10 Å². The van der Waals surface area contributed by atoms with Crippen LogP contribution >= 0.6 is 0 Å². The second-order valence-corrected chi connectivity index (χ2v) is 7.69. The van der Waals surface area contributed by atoms with Crippen LogP contribution in [0.1, 0.15) is 23.3 Å². The minimum atomic E-state index is -2.53. The van der Waals surface area contributed by atoms with E-state index in [2.05, 4.69) is 31.2 Å². The lowest BCUT2D eigenvalue weighted by Crippen LogP contribution is -2.22. The Hall–Kier alpha value is -4.09. The van der Waals surface area contributed by atoms with E-state index < -0.39 is 18.9 Å². The summed E-state index contributed by atoms with van der Waals surface area (Å²) < 4.78 is 32.2. The molecule has 0 saturated heterocycles. The lowest BCUT2D eigenvalue weighted by atomic mass is 10.1. The topological polar surface area (TPSA) is 123 Å². The van der Waals surface area contributed by atoms with Crippen molar-refractivity contribution in [1.29, 1.82) is 0 Å². The average Bonchev–Trinajstić information content (AvgIpc) is 3.58. The number of carbonyl (C=O) groups excluding carboxylic acids is 2. The van der Waals surface area contributed by atoms with Crippen LogP contribution in [0.4, 0.5) is 26.0 Å². The molecule has 4 rings (SSSR count). The monoisotopic (exact) mass is 471 g/mol. The third-order valence-electron chi connectivity index (χ3n) is 5.19. The molecule has 1 aromatic carbocycles. The molecular formula is C22H23F2N7O3. The van der Waals surface area contributed by atoms with Crippen molar-refractivity contribution in [2.45, 2.75) is 25.8 Å². The maximum Gasteiger partial charge on any atom is 0.273 e. The Morgan fingerprint density at radius 1 is 1.24 bits per heavy atom. The van der Waals surface area contributed by atoms with Crippen molar-refractivity contribution in [3.05, 3.63) is 42.4 Å². The van der Waals surface area contributed by atoms with Crippen molar-refractivity contribution >= 4 is 29.0 Å². The number of alkyl halides is 2. The van der Waals surface area contributed by atoms with Gasteiger partial charge in [0.25, 0.3) is 12.3 Å². The van der Waals surface area contributed by atoms with Gasteiger partial charge in [-0.05, 0) is 18.9 Å². The molecule has 1 aliphatic carbocycles. The molecule has 2 amide bonds. The van der Waals surface area contributed by atoms with Crippen molar-refractivity contribution in [3.63, 3.8) is 0 Å². The van der Waals surface area contributed by atoms with Crippen LogP contribution < -0.4 is 20.7 Å². The molecule has 2 heterocycles. The Labute approximate surface area is 193 Å². The molecule has 3 N–H and O–H groups in total. The number of aromatic nitrogens is 4. The molecule has 10 nitrogen and oxygen atoms in total. The number of ether oxygens (including phenoxy) is 1. The molecule has 0 unspecified atom stereocenters. The molecule has 0 aliphatic heterocycles. The summed E-state index contributed by atoms with van der Waals surface area (Å²) in [4.78, 5) is 24.5. The molecule has 1 aliphatic rings. The van der Waals surface area contributed by atoms with Crippen LogP contribution in [-0.2, 0) is 11.3 Å². The van der Waals surface area contributed by atoms with E-state index >= 15 is 0 Å². The molecule has 34 heavy (non-hydrogen) atoms.